The molecule has 0 saturated heterocycles. The van der Waals surface area contributed by atoms with Crippen LogP contribution in [0.5, 0.6) is 11.5 Å². The lowest BCUT2D eigenvalue weighted by molar-refractivity contribution is -0.137. The van der Waals surface area contributed by atoms with E-state index in [2.05, 4.69) is 4.99 Å². The second-order valence-corrected chi connectivity index (χ2v) is 8.95. The van der Waals surface area contributed by atoms with E-state index < -0.39 is 11.9 Å². The van der Waals surface area contributed by atoms with Crippen LogP contribution in [0.15, 0.2) is 74.0 Å². The minimum Gasteiger partial charge on any atom is -0.493 e. The Morgan fingerprint density at radius 3 is 2.72 bits per heavy atom. The molecule has 1 aromatic heterocycles. The number of nitrogens with zero attached hydrogens (tertiary/aromatic N) is 3. The van der Waals surface area contributed by atoms with Crippen molar-refractivity contribution in [2.75, 3.05) is 20.8 Å². The number of aliphatic imine (C=N–C) groups is 1. The molecule has 2 aliphatic rings. The van der Waals surface area contributed by atoms with Gasteiger partial charge in [-0.05, 0) is 48.5 Å². The molecule has 0 bridgehead atoms. The molecule has 2 aromatic carbocycles. The third-order valence-corrected chi connectivity index (χ3v) is 6.73. The van der Waals surface area contributed by atoms with Gasteiger partial charge in [0.1, 0.15) is 11.3 Å². The van der Waals surface area contributed by atoms with E-state index in [0.29, 0.717) is 34.6 Å². The van der Waals surface area contributed by atoms with Crippen molar-refractivity contribution in [2.45, 2.75) is 19.4 Å². The van der Waals surface area contributed by atoms with Gasteiger partial charge < -0.3 is 18.6 Å². The lowest BCUT2D eigenvalue weighted by atomic mass is 10.0. The van der Waals surface area contributed by atoms with E-state index in [1.54, 1.807) is 26.2 Å². The van der Waals surface area contributed by atoms with E-state index in [4.69, 9.17) is 23.7 Å². The molecule has 184 valence electrons. The van der Waals surface area contributed by atoms with E-state index in [9.17, 15) is 9.59 Å². The Hall–Kier alpha value is -4.05. The maximum Gasteiger partial charge on any atom is 0.332 e. The summed E-state index contributed by atoms with van der Waals surface area (Å²) in [5, 5.41) is 7.84. The summed E-state index contributed by atoms with van der Waals surface area (Å²) >= 11 is 1.08. The average molecular weight is 506 g/mol. The largest absolute Gasteiger partial charge is 0.493 e. The van der Waals surface area contributed by atoms with Gasteiger partial charge in [-0.15, -0.1) is 0 Å². The highest BCUT2D eigenvalue weighted by Gasteiger charge is 2.37. The summed E-state index contributed by atoms with van der Waals surface area (Å²) in [5.74, 6) is 0.718. The van der Waals surface area contributed by atoms with E-state index >= 15 is 0 Å². The van der Waals surface area contributed by atoms with Crippen LogP contribution >= 0.6 is 11.8 Å². The molecule has 2 aliphatic heterocycles. The number of carbonyl (C=O) groups excluding carboxylic acids is 2. The van der Waals surface area contributed by atoms with Crippen LogP contribution in [0.1, 0.15) is 30.7 Å². The normalized spacial score (nSPS) is 18.5. The topological polar surface area (TPSA) is 103 Å². The molecule has 9 nitrogen and oxygen atoms in total. The van der Waals surface area contributed by atoms with Gasteiger partial charge in [0, 0.05) is 17.9 Å². The van der Waals surface area contributed by atoms with Crippen LogP contribution in [0.25, 0.3) is 11.0 Å². The number of hydrogen-bond donors (Lipinski definition) is 0. The smallest absolute Gasteiger partial charge is 0.332 e. The fraction of sp³-hybridized carbons (Fsp3) is 0.231. The summed E-state index contributed by atoms with van der Waals surface area (Å²) in [5.41, 5.74) is 2.37. The van der Waals surface area contributed by atoms with Crippen molar-refractivity contribution in [2.24, 2.45) is 10.1 Å². The fourth-order valence-electron chi connectivity index (χ4n) is 4.07. The Balaban J connectivity index is 1.52. The molecular formula is C26H23N3O6S. The zero-order chi connectivity index (χ0) is 25.2. The minimum atomic E-state index is -0.589. The highest BCUT2D eigenvalue weighted by molar-refractivity contribution is 8.18. The molecule has 1 atom stereocenters. The van der Waals surface area contributed by atoms with Gasteiger partial charge in [-0.3, -0.25) is 4.79 Å². The first-order chi connectivity index (χ1) is 17.5. The highest BCUT2D eigenvalue weighted by atomic mass is 32.2. The van der Waals surface area contributed by atoms with Gasteiger partial charge in [-0.1, -0.05) is 24.3 Å². The number of ether oxygens (including phenoxy) is 3. The Kier molecular flexibility index (Phi) is 6.51. The maximum atomic E-state index is 12.6. The lowest BCUT2D eigenvalue weighted by Gasteiger charge is -2.23. The summed E-state index contributed by atoms with van der Waals surface area (Å²) in [6, 6.07) is 15.0. The SMILES string of the molecule is CCOC(=O)/C=C1/SC(N2N=C(c3cc4ccccc4o3)CC2c2ccc(OC)c(OC)c2)=NC1=O. The van der Waals surface area contributed by atoms with E-state index in [-0.39, 0.29) is 17.6 Å². The van der Waals surface area contributed by atoms with Crippen LogP contribution in [0.4, 0.5) is 0 Å². The molecule has 0 spiro atoms. The Bertz CT molecular complexity index is 1410. The number of furan rings is 1. The number of benzene rings is 2. The first-order valence-electron chi connectivity index (χ1n) is 11.3. The van der Waals surface area contributed by atoms with Crippen LogP contribution < -0.4 is 9.47 Å². The van der Waals surface area contributed by atoms with Crippen LogP contribution in [0.3, 0.4) is 0 Å². The standard InChI is InChI=1S/C26H23N3O6S/c1-4-34-24(30)14-23-25(31)27-26(36-23)29-18(15-9-10-20(32-2)22(11-15)33-3)13-17(28-29)21-12-16-7-5-6-8-19(16)35-21/h5-12,14,18H,4,13H2,1-3H3/b23-14+. The van der Waals surface area contributed by atoms with E-state index in [1.165, 1.54) is 6.08 Å². The van der Waals surface area contributed by atoms with Crippen molar-refractivity contribution in [3.8, 4) is 11.5 Å². The maximum absolute atomic E-state index is 12.6. The zero-order valence-electron chi connectivity index (χ0n) is 19.9. The molecule has 0 saturated carbocycles. The number of esters is 1. The van der Waals surface area contributed by atoms with Crippen LogP contribution in [0.2, 0.25) is 0 Å². The second-order valence-electron chi connectivity index (χ2n) is 7.94. The molecule has 0 N–H and O–H groups in total. The second kappa shape index (κ2) is 9.90. The van der Waals surface area contributed by atoms with Crippen molar-refractivity contribution < 1.29 is 28.2 Å². The molecule has 3 aromatic rings. The number of amidine groups is 1. The quantitative estimate of drug-likeness (QED) is 0.352. The summed E-state index contributed by atoms with van der Waals surface area (Å²) in [6.07, 6.45) is 1.67. The molecule has 0 aliphatic carbocycles. The monoisotopic (exact) mass is 505 g/mol. The number of fused-ring (bicyclic) bond motifs is 1. The van der Waals surface area contributed by atoms with Gasteiger partial charge in [-0.2, -0.15) is 10.1 Å². The number of hydrazone groups is 1. The summed E-state index contributed by atoms with van der Waals surface area (Å²) in [4.78, 5) is 28.8. The molecular weight excluding hydrogens is 482 g/mol. The van der Waals surface area contributed by atoms with Crippen LogP contribution in [-0.4, -0.2) is 48.6 Å². The first kappa shape index (κ1) is 23.7. The predicted molar refractivity (Wildman–Crippen MR) is 136 cm³/mol. The van der Waals surface area contributed by atoms with Crippen LogP contribution in [0, 0.1) is 0 Å². The number of para-hydroxylation sites is 1. The van der Waals surface area contributed by atoms with Gasteiger partial charge in [-0.25, -0.2) is 9.80 Å². The molecule has 10 heteroatoms. The lowest BCUT2D eigenvalue weighted by Crippen LogP contribution is -2.23. The number of thioether (sulfide) groups is 1. The number of methoxy groups -OCH3 is 2. The van der Waals surface area contributed by atoms with Gasteiger partial charge in [0.2, 0.25) is 0 Å². The van der Waals surface area contributed by atoms with Gasteiger partial charge in [0.15, 0.2) is 22.4 Å². The third-order valence-electron chi connectivity index (χ3n) is 5.75. The van der Waals surface area contributed by atoms with Crippen molar-refractivity contribution in [3.63, 3.8) is 0 Å². The molecule has 1 unspecified atom stereocenters. The predicted octanol–water partition coefficient (Wildman–Crippen LogP) is 4.68. The number of hydrogen-bond acceptors (Lipinski definition) is 9. The van der Waals surface area contributed by atoms with E-state index in [0.717, 1.165) is 28.3 Å². The molecule has 1 amide bonds. The van der Waals surface area contributed by atoms with Gasteiger partial charge >= 0.3 is 5.97 Å². The first-order valence-corrected chi connectivity index (χ1v) is 12.1. The molecule has 36 heavy (non-hydrogen) atoms. The third kappa shape index (κ3) is 4.47. The Morgan fingerprint density at radius 1 is 1.17 bits per heavy atom. The molecule has 5 rings (SSSR count). The van der Waals surface area contributed by atoms with Crippen molar-refractivity contribution in [1.29, 1.82) is 0 Å². The summed E-state index contributed by atoms with van der Waals surface area (Å²) in [7, 11) is 3.15. The Morgan fingerprint density at radius 2 is 1.97 bits per heavy atom. The number of carbonyl (C=O) groups is 2. The highest BCUT2D eigenvalue weighted by Crippen LogP contribution is 2.41. The van der Waals surface area contributed by atoms with E-state index in [1.807, 2.05) is 48.5 Å². The number of rotatable bonds is 6. The number of amides is 1. The fourth-order valence-corrected chi connectivity index (χ4v) is 4.94. The van der Waals surface area contributed by atoms with Crippen molar-refractivity contribution >= 4 is 45.5 Å². The zero-order valence-corrected chi connectivity index (χ0v) is 20.7. The van der Waals surface area contributed by atoms with Gasteiger partial charge in [0.25, 0.3) is 5.91 Å². The minimum absolute atomic E-state index is 0.182. The van der Waals surface area contributed by atoms with Crippen LogP contribution in [-0.2, 0) is 14.3 Å². The molecule has 0 fully saturated rings. The van der Waals surface area contributed by atoms with Gasteiger partial charge in [0.05, 0.1) is 31.8 Å². The Labute approximate surface area is 211 Å². The molecule has 0 radical (unpaired) electrons. The average Bonchev–Trinajstić information content (AvgIpc) is 3.60. The summed E-state index contributed by atoms with van der Waals surface area (Å²) < 4.78 is 21.9. The van der Waals surface area contributed by atoms with Crippen molar-refractivity contribution in [3.05, 3.63) is 70.8 Å². The molecule has 3 heterocycles. The van der Waals surface area contributed by atoms with Crippen molar-refractivity contribution in [1.82, 2.24) is 5.01 Å². The summed E-state index contributed by atoms with van der Waals surface area (Å²) in [6.45, 7) is 1.92.